The molecule has 0 spiro atoms. The number of thiophene rings is 1. The maximum Gasteiger partial charge on any atom is 0.125 e. The first-order valence-electron chi connectivity index (χ1n) is 17.1. The lowest BCUT2D eigenvalue weighted by Crippen LogP contribution is -2.10. The Kier molecular flexibility index (Phi) is 7.22. The van der Waals surface area contributed by atoms with Crippen LogP contribution in [0.2, 0.25) is 0 Å². The first-order valence-corrected chi connectivity index (χ1v) is 17.9. The molecule has 4 heterocycles. The molecule has 0 saturated carbocycles. The highest BCUT2D eigenvalue weighted by Gasteiger charge is 2.15. The summed E-state index contributed by atoms with van der Waals surface area (Å²) in [6.45, 7) is 0. The molecule has 0 bridgehead atoms. The van der Waals surface area contributed by atoms with E-state index in [0.717, 1.165) is 77.7 Å². The zero-order valence-electron chi connectivity index (χ0n) is 27.8. The zero-order chi connectivity index (χ0) is 34.4. The van der Waals surface area contributed by atoms with E-state index in [4.69, 9.17) is 15.0 Å². The van der Waals surface area contributed by atoms with Gasteiger partial charge in [-0.3, -0.25) is 9.97 Å². The third-order valence-corrected chi connectivity index (χ3v) is 10.5. The van der Waals surface area contributed by atoms with Gasteiger partial charge in [-0.1, -0.05) is 78.9 Å². The summed E-state index contributed by atoms with van der Waals surface area (Å²) in [5.74, 6) is 0. The Labute approximate surface area is 303 Å². The number of fused-ring (bicyclic) bond motifs is 5. The summed E-state index contributed by atoms with van der Waals surface area (Å²) in [6, 6.07) is 54.3. The quantitative estimate of drug-likeness (QED) is 0.174. The summed E-state index contributed by atoms with van der Waals surface area (Å²) in [6.07, 6.45) is 3.68. The lowest BCUT2D eigenvalue weighted by molar-refractivity contribution is 1.26. The van der Waals surface area contributed by atoms with Gasteiger partial charge in [0.1, 0.15) is 4.83 Å². The minimum absolute atomic E-state index is 0.838. The summed E-state index contributed by atoms with van der Waals surface area (Å²) in [7, 11) is 0. The van der Waals surface area contributed by atoms with E-state index >= 15 is 0 Å². The van der Waals surface area contributed by atoms with E-state index in [1.807, 2.05) is 60.9 Å². The summed E-state index contributed by atoms with van der Waals surface area (Å²) < 4.78 is 1.26. The molecule has 0 aliphatic heterocycles. The molecule has 6 nitrogen and oxygen atoms in total. The van der Waals surface area contributed by atoms with Gasteiger partial charge in [0.15, 0.2) is 0 Å². The van der Waals surface area contributed by atoms with Gasteiger partial charge < -0.3 is 4.90 Å². The summed E-state index contributed by atoms with van der Waals surface area (Å²) in [5, 5.41) is 2.45. The van der Waals surface area contributed by atoms with Gasteiger partial charge in [0.25, 0.3) is 0 Å². The van der Waals surface area contributed by atoms with E-state index < -0.39 is 0 Å². The number of nitrogens with zero attached hydrogens (tertiary/aromatic N) is 6. The molecule has 0 saturated heterocycles. The van der Waals surface area contributed by atoms with Crippen molar-refractivity contribution in [3.05, 3.63) is 170 Å². The smallest absolute Gasteiger partial charge is 0.125 e. The van der Waals surface area contributed by atoms with E-state index in [9.17, 15) is 0 Å². The van der Waals surface area contributed by atoms with Gasteiger partial charge in [0, 0.05) is 49.2 Å². The van der Waals surface area contributed by atoms with Gasteiger partial charge in [-0.2, -0.15) is 0 Å². The third-order valence-electron chi connectivity index (χ3n) is 9.41. The van der Waals surface area contributed by atoms with E-state index in [-0.39, 0.29) is 0 Å². The first-order chi connectivity index (χ1) is 25.7. The Hall–Kier alpha value is -6.83. The largest absolute Gasteiger partial charge is 0.311 e. The molecular weight excluding hydrogens is 657 g/mol. The molecule has 244 valence electrons. The van der Waals surface area contributed by atoms with E-state index in [1.54, 1.807) is 11.3 Å². The standard InChI is InChI=1S/C45H28N6S/c1-6-12-44-35(7-1)36-25-26-37(50-45(36)52-44)29-13-19-32(20-14-29)51(33-21-15-30(16-22-33)42-27-46-38-8-2-4-10-40(38)48-42)34-23-17-31(18-24-34)43-28-47-39-9-3-5-11-41(39)49-43/h1-28H. The number of aromatic nitrogens is 5. The molecule has 7 heteroatoms. The van der Waals surface area contributed by atoms with Crippen LogP contribution in [0.4, 0.5) is 17.1 Å². The van der Waals surface area contributed by atoms with Crippen molar-refractivity contribution < 1.29 is 0 Å². The van der Waals surface area contributed by atoms with Crippen molar-refractivity contribution >= 4 is 70.8 Å². The zero-order valence-corrected chi connectivity index (χ0v) is 28.6. The van der Waals surface area contributed by atoms with E-state index in [1.165, 1.54) is 15.5 Å². The van der Waals surface area contributed by atoms with Gasteiger partial charge in [0.05, 0.1) is 51.5 Å². The van der Waals surface area contributed by atoms with Crippen LogP contribution in [-0.4, -0.2) is 24.9 Å². The SMILES string of the molecule is c1ccc2nc(-c3ccc(N(c4ccc(-c5cnc6ccccc6n5)cc4)c4ccc(-c5ccc6c(n5)sc5ccccc56)cc4)cc3)cnc2c1. The Balaban J connectivity index is 1.02. The second kappa shape index (κ2) is 12.5. The molecule has 0 amide bonds. The predicted molar refractivity (Wildman–Crippen MR) is 214 cm³/mol. The molecule has 0 unspecified atom stereocenters. The minimum atomic E-state index is 0.838. The number of hydrogen-bond acceptors (Lipinski definition) is 7. The van der Waals surface area contributed by atoms with Crippen molar-refractivity contribution in [3.8, 4) is 33.8 Å². The normalized spacial score (nSPS) is 11.5. The number of benzene rings is 6. The number of anilines is 3. The fourth-order valence-corrected chi connectivity index (χ4v) is 7.82. The van der Waals surface area contributed by atoms with Crippen LogP contribution in [0.1, 0.15) is 0 Å². The third kappa shape index (κ3) is 5.41. The van der Waals surface area contributed by atoms with E-state index in [0.29, 0.717) is 0 Å². The molecule has 0 N–H and O–H groups in total. The lowest BCUT2D eigenvalue weighted by Gasteiger charge is -2.26. The lowest BCUT2D eigenvalue weighted by atomic mass is 10.1. The second-order valence-corrected chi connectivity index (χ2v) is 13.6. The topological polar surface area (TPSA) is 67.7 Å². The summed E-state index contributed by atoms with van der Waals surface area (Å²) >= 11 is 1.74. The summed E-state index contributed by atoms with van der Waals surface area (Å²) in [4.78, 5) is 27.4. The maximum atomic E-state index is 5.07. The van der Waals surface area contributed by atoms with Crippen LogP contribution in [-0.2, 0) is 0 Å². The van der Waals surface area contributed by atoms with Crippen molar-refractivity contribution in [2.45, 2.75) is 0 Å². The van der Waals surface area contributed by atoms with Gasteiger partial charge in [-0.05, 0) is 78.9 Å². The Bertz CT molecular complexity index is 2780. The molecule has 0 atom stereocenters. The van der Waals surface area contributed by atoms with Gasteiger partial charge >= 0.3 is 0 Å². The van der Waals surface area contributed by atoms with Crippen LogP contribution >= 0.6 is 11.3 Å². The van der Waals surface area contributed by atoms with Crippen molar-refractivity contribution in [2.24, 2.45) is 0 Å². The second-order valence-electron chi connectivity index (χ2n) is 12.6. The maximum absolute atomic E-state index is 5.07. The fourth-order valence-electron chi connectivity index (χ4n) is 6.75. The van der Waals surface area contributed by atoms with Crippen LogP contribution in [0.5, 0.6) is 0 Å². The number of para-hydroxylation sites is 4. The molecule has 6 aromatic carbocycles. The molecule has 0 radical (unpaired) electrons. The van der Waals surface area contributed by atoms with Crippen LogP contribution in [0.25, 0.3) is 76.1 Å². The van der Waals surface area contributed by atoms with Gasteiger partial charge in [-0.15, -0.1) is 11.3 Å². The van der Waals surface area contributed by atoms with Gasteiger partial charge in [0.2, 0.25) is 0 Å². The first kappa shape index (κ1) is 30.0. The van der Waals surface area contributed by atoms with Crippen molar-refractivity contribution in [1.82, 2.24) is 24.9 Å². The molecule has 52 heavy (non-hydrogen) atoms. The van der Waals surface area contributed by atoms with Crippen molar-refractivity contribution in [3.63, 3.8) is 0 Å². The molecule has 0 fully saturated rings. The average Bonchev–Trinajstić information content (AvgIpc) is 3.59. The average molecular weight is 685 g/mol. The molecule has 4 aromatic heterocycles. The minimum Gasteiger partial charge on any atom is -0.311 e. The highest BCUT2D eigenvalue weighted by molar-refractivity contribution is 7.25. The molecule has 0 aliphatic rings. The Morgan fingerprint density at radius 1 is 0.365 bits per heavy atom. The predicted octanol–water partition coefficient (Wildman–Crippen LogP) is 11.8. The highest BCUT2D eigenvalue weighted by atomic mass is 32.1. The van der Waals surface area contributed by atoms with Gasteiger partial charge in [-0.25, -0.2) is 15.0 Å². The molecular formula is C45H28N6S. The number of pyridine rings is 1. The van der Waals surface area contributed by atoms with Crippen molar-refractivity contribution in [2.75, 3.05) is 4.90 Å². The van der Waals surface area contributed by atoms with E-state index in [2.05, 4.69) is 124 Å². The molecule has 10 rings (SSSR count). The number of hydrogen-bond donors (Lipinski definition) is 0. The van der Waals surface area contributed by atoms with Crippen LogP contribution in [0.15, 0.2) is 170 Å². The fraction of sp³-hybridized carbons (Fsp3) is 0. The highest BCUT2D eigenvalue weighted by Crippen LogP contribution is 2.38. The van der Waals surface area contributed by atoms with Crippen LogP contribution in [0, 0.1) is 0 Å². The summed E-state index contributed by atoms with van der Waals surface area (Å²) in [5.41, 5.74) is 12.3. The van der Waals surface area contributed by atoms with Crippen molar-refractivity contribution in [1.29, 1.82) is 0 Å². The Morgan fingerprint density at radius 3 is 1.37 bits per heavy atom. The Morgan fingerprint density at radius 2 is 0.827 bits per heavy atom. The number of rotatable bonds is 6. The van der Waals surface area contributed by atoms with Crippen LogP contribution < -0.4 is 4.90 Å². The monoisotopic (exact) mass is 684 g/mol. The van der Waals surface area contributed by atoms with Crippen LogP contribution in [0.3, 0.4) is 0 Å². The molecule has 0 aliphatic carbocycles. The molecule has 10 aromatic rings.